The fourth-order valence-electron chi connectivity index (χ4n) is 3.68. The van der Waals surface area contributed by atoms with Gasteiger partial charge >= 0.3 is 0 Å². The SMILES string of the molecule is CCN(C(=O)CNc1c(C(C)C)cccc1C(C)C)C1CCS(=O)(=O)C1. The van der Waals surface area contributed by atoms with Crippen LogP contribution in [0.1, 0.15) is 64.0 Å². The first kappa shape index (κ1) is 20.7. The zero-order valence-corrected chi connectivity index (χ0v) is 17.4. The molecule has 1 unspecified atom stereocenters. The quantitative estimate of drug-likeness (QED) is 0.787. The van der Waals surface area contributed by atoms with Crippen molar-refractivity contribution in [2.45, 2.75) is 58.9 Å². The smallest absolute Gasteiger partial charge is 0.242 e. The molecule has 1 amide bonds. The molecule has 1 N–H and O–H groups in total. The average Bonchev–Trinajstić information content (AvgIpc) is 2.92. The molecule has 1 aliphatic rings. The van der Waals surface area contributed by atoms with E-state index in [0.29, 0.717) is 24.8 Å². The van der Waals surface area contributed by atoms with E-state index in [1.54, 1.807) is 4.90 Å². The first-order valence-electron chi connectivity index (χ1n) is 9.52. The minimum atomic E-state index is -3.00. The molecule has 1 aromatic carbocycles. The highest BCUT2D eigenvalue weighted by Crippen LogP contribution is 2.32. The lowest BCUT2D eigenvalue weighted by Gasteiger charge is -2.28. The van der Waals surface area contributed by atoms with Crippen LogP contribution in [0.4, 0.5) is 5.69 Å². The summed E-state index contributed by atoms with van der Waals surface area (Å²) in [6.07, 6.45) is 0.543. The largest absolute Gasteiger partial charge is 0.376 e. The van der Waals surface area contributed by atoms with Crippen molar-refractivity contribution >= 4 is 21.4 Å². The normalized spacial score (nSPS) is 19.1. The number of rotatable bonds is 7. The van der Waals surface area contributed by atoms with Gasteiger partial charge in [-0.3, -0.25) is 4.79 Å². The lowest BCUT2D eigenvalue weighted by molar-refractivity contribution is -0.130. The molecule has 1 atom stereocenters. The topological polar surface area (TPSA) is 66.5 Å². The van der Waals surface area contributed by atoms with E-state index in [9.17, 15) is 13.2 Å². The lowest BCUT2D eigenvalue weighted by atomic mass is 9.92. The van der Waals surface area contributed by atoms with Crippen LogP contribution >= 0.6 is 0 Å². The summed E-state index contributed by atoms with van der Waals surface area (Å²) in [5.41, 5.74) is 3.45. The number of nitrogens with one attached hydrogen (secondary N) is 1. The Bertz CT molecular complexity index is 715. The highest BCUT2D eigenvalue weighted by atomic mass is 32.2. The summed E-state index contributed by atoms with van der Waals surface area (Å²) in [5.74, 6) is 0.944. The van der Waals surface area contributed by atoms with Crippen LogP contribution in [0.2, 0.25) is 0 Å². The van der Waals surface area contributed by atoms with Gasteiger partial charge in [0.25, 0.3) is 0 Å². The molecule has 0 bridgehead atoms. The van der Waals surface area contributed by atoms with Crippen LogP contribution in [0.5, 0.6) is 0 Å². The van der Waals surface area contributed by atoms with E-state index < -0.39 is 9.84 Å². The third-order valence-electron chi connectivity index (χ3n) is 5.10. The standard InChI is InChI=1S/C20H32N2O3S/c1-6-22(16-10-11-26(24,25)13-16)19(23)12-21-20-17(14(2)3)8-7-9-18(20)15(4)5/h7-9,14-16,21H,6,10-13H2,1-5H3. The van der Waals surface area contributed by atoms with E-state index in [0.717, 1.165) is 5.69 Å². The number of carbonyl (C=O) groups is 1. The summed E-state index contributed by atoms with van der Waals surface area (Å²) in [6, 6.07) is 6.08. The van der Waals surface area contributed by atoms with Crippen LogP contribution < -0.4 is 5.32 Å². The van der Waals surface area contributed by atoms with E-state index in [1.807, 2.05) is 6.92 Å². The number of likely N-dealkylation sites (N-methyl/N-ethyl adjacent to an activating group) is 1. The Morgan fingerprint density at radius 1 is 1.19 bits per heavy atom. The van der Waals surface area contributed by atoms with E-state index in [1.165, 1.54) is 11.1 Å². The summed E-state index contributed by atoms with van der Waals surface area (Å²) in [5, 5.41) is 3.36. The van der Waals surface area contributed by atoms with Gasteiger partial charge in [0.2, 0.25) is 5.91 Å². The fraction of sp³-hybridized carbons (Fsp3) is 0.650. The maximum Gasteiger partial charge on any atom is 0.242 e. The maximum atomic E-state index is 12.8. The second-order valence-electron chi connectivity index (χ2n) is 7.71. The van der Waals surface area contributed by atoms with Crippen molar-refractivity contribution in [3.8, 4) is 0 Å². The van der Waals surface area contributed by atoms with Crippen molar-refractivity contribution in [1.29, 1.82) is 0 Å². The van der Waals surface area contributed by atoms with Gasteiger partial charge < -0.3 is 10.2 Å². The second kappa shape index (κ2) is 8.42. The van der Waals surface area contributed by atoms with Crippen molar-refractivity contribution < 1.29 is 13.2 Å². The van der Waals surface area contributed by atoms with Crippen LogP contribution in [0.3, 0.4) is 0 Å². The second-order valence-corrected chi connectivity index (χ2v) is 9.94. The van der Waals surface area contributed by atoms with Gasteiger partial charge in [-0.1, -0.05) is 45.9 Å². The van der Waals surface area contributed by atoms with Crippen molar-refractivity contribution in [2.75, 3.05) is 29.9 Å². The van der Waals surface area contributed by atoms with E-state index in [4.69, 9.17) is 0 Å². The van der Waals surface area contributed by atoms with Crippen LogP contribution in [-0.2, 0) is 14.6 Å². The molecule has 1 saturated heterocycles. The molecule has 1 fully saturated rings. The molecule has 0 aromatic heterocycles. The van der Waals surface area contributed by atoms with Gasteiger partial charge in [-0.25, -0.2) is 8.42 Å². The van der Waals surface area contributed by atoms with Crippen molar-refractivity contribution in [3.05, 3.63) is 29.3 Å². The molecular weight excluding hydrogens is 348 g/mol. The minimum Gasteiger partial charge on any atom is -0.376 e. The molecule has 1 aliphatic heterocycles. The number of carbonyl (C=O) groups excluding carboxylic acids is 1. The Balaban J connectivity index is 2.16. The van der Waals surface area contributed by atoms with Crippen LogP contribution in [0.25, 0.3) is 0 Å². The van der Waals surface area contributed by atoms with Gasteiger partial charge in [-0.15, -0.1) is 0 Å². The number of anilines is 1. The first-order chi connectivity index (χ1) is 12.2. The number of benzene rings is 1. The molecule has 2 rings (SSSR count). The zero-order valence-electron chi connectivity index (χ0n) is 16.6. The van der Waals surface area contributed by atoms with Crippen molar-refractivity contribution in [2.24, 2.45) is 0 Å². The Labute approximate surface area is 158 Å². The molecule has 0 radical (unpaired) electrons. The summed E-state index contributed by atoms with van der Waals surface area (Å²) in [7, 11) is -3.00. The van der Waals surface area contributed by atoms with Gasteiger partial charge in [0.05, 0.1) is 18.1 Å². The fourth-order valence-corrected chi connectivity index (χ4v) is 5.41. The number of nitrogens with zero attached hydrogens (tertiary/aromatic N) is 1. The van der Waals surface area contributed by atoms with E-state index in [2.05, 4.69) is 51.2 Å². The monoisotopic (exact) mass is 380 g/mol. The summed E-state index contributed by atoms with van der Waals surface area (Å²) >= 11 is 0. The molecule has 0 saturated carbocycles. The van der Waals surface area contributed by atoms with Gasteiger partial charge in [0, 0.05) is 18.3 Å². The predicted molar refractivity (Wildman–Crippen MR) is 108 cm³/mol. The summed E-state index contributed by atoms with van der Waals surface area (Å²) < 4.78 is 23.5. The zero-order chi connectivity index (χ0) is 19.5. The number of para-hydroxylation sites is 1. The van der Waals surface area contributed by atoms with E-state index in [-0.39, 0.29) is 30.0 Å². The average molecular weight is 381 g/mol. The van der Waals surface area contributed by atoms with Crippen LogP contribution in [0, 0.1) is 0 Å². The predicted octanol–water partition coefficient (Wildman–Crippen LogP) is 3.38. The lowest BCUT2D eigenvalue weighted by Crippen LogP contribution is -2.43. The molecule has 26 heavy (non-hydrogen) atoms. The number of hydrogen-bond donors (Lipinski definition) is 1. The molecule has 5 nitrogen and oxygen atoms in total. The summed E-state index contributed by atoms with van der Waals surface area (Å²) in [4.78, 5) is 14.5. The Morgan fingerprint density at radius 3 is 2.19 bits per heavy atom. The van der Waals surface area contributed by atoms with Crippen molar-refractivity contribution in [3.63, 3.8) is 0 Å². The molecule has 6 heteroatoms. The molecule has 1 heterocycles. The Kier molecular flexibility index (Phi) is 6.72. The number of sulfone groups is 1. The number of hydrogen-bond acceptors (Lipinski definition) is 4. The van der Waals surface area contributed by atoms with Gasteiger partial charge in [-0.2, -0.15) is 0 Å². The molecular formula is C20H32N2O3S. The van der Waals surface area contributed by atoms with Gasteiger partial charge in [0.15, 0.2) is 9.84 Å². The first-order valence-corrected chi connectivity index (χ1v) is 11.3. The van der Waals surface area contributed by atoms with Crippen LogP contribution in [-0.4, -0.2) is 49.9 Å². The Morgan fingerprint density at radius 2 is 1.77 bits per heavy atom. The molecule has 0 aliphatic carbocycles. The van der Waals surface area contributed by atoms with Crippen LogP contribution in [0.15, 0.2) is 18.2 Å². The third kappa shape index (κ3) is 4.78. The molecule has 1 aromatic rings. The van der Waals surface area contributed by atoms with Crippen molar-refractivity contribution in [1.82, 2.24) is 4.90 Å². The molecule has 146 valence electrons. The van der Waals surface area contributed by atoms with E-state index >= 15 is 0 Å². The molecule has 0 spiro atoms. The highest BCUT2D eigenvalue weighted by Gasteiger charge is 2.33. The van der Waals surface area contributed by atoms with Gasteiger partial charge in [-0.05, 0) is 36.3 Å². The van der Waals surface area contributed by atoms with Gasteiger partial charge in [0.1, 0.15) is 0 Å². The summed E-state index contributed by atoms with van der Waals surface area (Å²) in [6.45, 7) is 11.2. The highest BCUT2D eigenvalue weighted by molar-refractivity contribution is 7.91. The Hall–Kier alpha value is -1.56. The third-order valence-corrected chi connectivity index (χ3v) is 6.85. The minimum absolute atomic E-state index is 0.0390. The maximum absolute atomic E-state index is 12.8. The number of amides is 1.